The Kier molecular flexibility index (Phi) is 27.4. The largest absolute Gasteiger partial charge is 0.504 e. The van der Waals surface area contributed by atoms with E-state index in [0.717, 1.165) is 114 Å². The van der Waals surface area contributed by atoms with Gasteiger partial charge in [0.05, 0.1) is 70.2 Å². The van der Waals surface area contributed by atoms with Crippen LogP contribution in [0.15, 0.2) is 110 Å². The number of urea groups is 3. The van der Waals surface area contributed by atoms with Crippen LogP contribution >= 0.6 is 0 Å². The van der Waals surface area contributed by atoms with Gasteiger partial charge in [-0.25, -0.2) is 44.3 Å². The number of unbranched alkanes of at least 4 members (excludes halogenated alkanes) is 6. The molecule has 1 saturated heterocycles. The third-order valence-corrected chi connectivity index (χ3v) is 15.0. The van der Waals surface area contributed by atoms with Crippen molar-refractivity contribution in [2.45, 2.75) is 57.8 Å². The Bertz CT molecular complexity index is 4010. The fourth-order valence-electron chi connectivity index (χ4n) is 9.84. The number of nitrogens with one attached hydrogen (secondary N) is 6. The fraction of sp³-hybridized carbons (Fsp3) is 0.382. The maximum atomic E-state index is 12.3. The summed E-state index contributed by atoms with van der Waals surface area (Å²) in [4.78, 5) is 83.3. The van der Waals surface area contributed by atoms with Crippen LogP contribution in [-0.2, 0) is 4.74 Å². The number of fused-ring (bicyclic) bond motifs is 3. The standard InChI is InChI=1S/C24H30N6O4.C23H30N6O3.C21H26N6O3/c1-33-21-15-17(5-7-20(21)31)19-16-26-18-6-8-22(28-23(18)27-19)29-24(32)25-9-3-2-4-10-30-11-13-34-14-12-30;1-29(2)13-7-5-4-6-12-24-23(31)28-21-11-9-17-22(27-21)26-18(15-25-17)16-8-10-19(30)20(14-16)32-3;1-27(2)11-5-4-10-22-21(29)26-19-9-7-15-20(25-19)24-16(13-23-15)14-6-8-17(28)18(12-14)30-3/h5-8,15-16,31H,2-4,9-14H2,1H3,(H2,25,27,28,29,32);8-11,14-15,30H,4-7,12-13H2,1-3H3,(H2,24,26,27,28,31);6-9,12-13,28H,4-5,10-11H2,1-3H3,(H2,22,24,25,26,29). The lowest BCUT2D eigenvalue weighted by atomic mass is 10.1. The zero-order valence-corrected chi connectivity index (χ0v) is 55.4. The van der Waals surface area contributed by atoms with Gasteiger partial charge in [-0.3, -0.25) is 35.8 Å². The topological polar surface area (TPSA) is 347 Å². The average molecular weight is 1320 g/mol. The molecule has 1 aliphatic rings. The number of hydrogen-bond acceptors (Lipinski definition) is 22. The molecule has 9 aromatic rings. The number of nitrogens with zero attached hydrogens (tertiary/aromatic N) is 12. The third kappa shape index (κ3) is 22.4. The molecule has 508 valence electrons. The first-order valence-electron chi connectivity index (χ1n) is 31.8. The quantitative estimate of drug-likeness (QED) is 0.0216. The molecule has 0 radical (unpaired) electrons. The summed E-state index contributed by atoms with van der Waals surface area (Å²) < 4.78 is 20.8. The van der Waals surface area contributed by atoms with Crippen LogP contribution in [0.3, 0.4) is 0 Å². The van der Waals surface area contributed by atoms with E-state index in [-0.39, 0.29) is 35.3 Å². The van der Waals surface area contributed by atoms with Crippen molar-refractivity contribution in [3.05, 3.63) is 110 Å². The van der Waals surface area contributed by atoms with Crippen molar-refractivity contribution in [1.82, 2.24) is 75.5 Å². The van der Waals surface area contributed by atoms with E-state index in [4.69, 9.17) is 18.9 Å². The first kappa shape index (κ1) is 71.4. The monoisotopic (exact) mass is 1310 g/mol. The van der Waals surface area contributed by atoms with E-state index >= 15 is 0 Å². The van der Waals surface area contributed by atoms with Gasteiger partial charge in [0, 0.05) is 49.4 Å². The minimum Gasteiger partial charge on any atom is -0.504 e. The van der Waals surface area contributed by atoms with Gasteiger partial charge in [0.1, 0.15) is 34.0 Å². The van der Waals surface area contributed by atoms with Crippen LogP contribution in [0, 0.1) is 0 Å². The van der Waals surface area contributed by atoms with E-state index in [1.54, 1.807) is 97.5 Å². The van der Waals surface area contributed by atoms with Crippen LogP contribution in [0.5, 0.6) is 34.5 Å². The van der Waals surface area contributed by atoms with Gasteiger partial charge in [-0.2, -0.15) is 0 Å². The molecule has 10 rings (SSSR count). The lowest BCUT2D eigenvalue weighted by Gasteiger charge is -2.26. The Morgan fingerprint density at radius 3 is 1.14 bits per heavy atom. The number of carbonyl (C=O) groups is 3. The molecule has 0 spiro atoms. The molecule has 28 heteroatoms. The zero-order valence-electron chi connectivity index (χ0n) is 55.4. The average Bonchev–Trinajstić information content (AvgIpc) is 0.939. The van der Waals surface area contributed by atoms with E-state index in [0.29, 0.717) is 105 Å². The van der Waals surface area contributed by atoms with Gasteiger partial charge in [-0.05, 0) is 177 Å². The first-order valence-corrected chi connectivity index (χ1v) is 31.8. The molecule has 6 aromatic heterocycles. The zero-order chi connectivity index (χ0) is 68.2. The van der Waals surface area contributed by atoms with Crippen LogP contribution in [0.4, 0.5) is 31.8 Å². The third-order valence-electron chi connectivity index (χ3n) is 15.0. The molecule has 1 aliphatic heterocycles. The van der Waals surface area contributed by atoms with Gasteiger partial charge in [0.15, 0.2) is 51.4 Å². The second-order valence-electron chi connectivity index (χ2n) is 22.9. The number of benzene rings is 3. The summed E-state index contributed by atoms with van der Waals surface area (Å²) in [6, 6.07) is 24.3. The summed E-state index contributed by atoms with van der Waals surface area (Å²) in [7, 11) is 12.7. The Morgan fingerprint density at radius 1 is 0.448 bits per heavy atom. The molecule has 0 atom stereocenters. The van der Waals surface area contributed by atoms with Crippen molar-refractivity contribution < 1.29 is 48.7 Å². The predicted molar refractivity (Wildman–Crippen MR) is 370 cm³/mol. The molecule has 3 aromatic carbocycles. The highest BCUT2D eigenvalue weighted by Gasteiger charge is 2.15. The summed E-state index contributed by atoms with van der Waals surface area (Å²) in [6.07, 6.45) is 14.3. The predicted octanol–water partition coefficient (Wildman–Crippen LogP) is 9.55. The Hall–Kier alpha value is -10.4. The number of methoxy groups -OCH3 is 3. The number of phenolic OH excluding ortho intramolecular Hbond substituents is 3. The molecule has 6 amide bonds. The van der Waals surface area contributed by atoms with E-state index in [9.17, 15) is 29.7 Å². The minimum absolute atomic E-state index is 0.0485. The van der Waals surface area contributed by atoms with Gasteiger partial charge < -0.3 is 60.0 Å². The Balaban J connectivity index is 0.000000185. The molecule has 7 heterocycles. The van der Waals surface area contributed by atoms with Crippen LogP contribution in [-0.4, -0.2) is 208 Å². The van der Waals surface area contributed by atoms with E-state index in [2.05, 4.69) is 106 Å². The number of aromatic hydroxyl groups is 3. The van der Waals surface area contributed by atoms with Crippen molar-refractivity contribution in [3.63, 3.8) is 0 Å². The first-order chi connectivity index (χ1) is 46.5. The maximum Gasteiger partial charge on any atom is 0.320 e. The van der Waals surface area contributed by atoms with Crippen LogP contribution in [0.2, 0.25) is 0 Å². The SMILES string of the molecule is COc1cc(-c2cnc3ccc(NC(=O)NCCCCCCN(C)C)nc3n2)ccc1O.COc1cc(-c2cnc3ccc(NC(=O)NCCCCCN4CCOCC4)nc3n2)ccc1O.COc1cc(-c2cnc3ccc(NC(=O)NCCCCN(C)C)nc3n2)ccc1O. The molecule has 1 fully saturated rings. The molecule has 0 saturated carbocycles. The number of ether oxygens (including phenoxy) is 4. The molecule has 0 aliphatic carbocycles. The number of hydrogen-bond donors (Lipinski definition) is 9. The molecule has 0 unspecified atom stereocenters. The lowest BCUT2D eigenvalue weighted by Crippen LogP contribution is -2.36. The van der Waals surface area contributed by atoms with E-state index in [1.807, 2.05) is 14.1 Å². The summed E-state index contributed by atoms with van der Waals surface area (Å²) in [5.74, 6) is 2.38. The van der Waals surface area contributed by atoms with Crippen LogP contribution in [0.25, 0.3) is 67.3 Å². The Labute approximate surface area is 557 Å². The van der Waals surface area contributed by atoms with Gasteiger partial charge in [-0.1, -0.05) is 19.3 Å². The number of pyridine rings is 3. The minimum atomic E-state index is -0.306. The highest BCUT2D eigenvalue weighted by Crippen LogP contribution is 2.34. The second-order valence-corrected chi connectivity index (χ2v) is 22.9. The number of amides is 6. The van der Waals surface area contributed by atoms with Crippen LogP contribution in [0.1, 0.15) is 57.8 Å². The van der Waals surface area contributed by atoms with E-state index < -0.39 is 0 Å². The lowest BCUT2D eigenvalue weighted by molar-refractivity contribution is 0.0371. The van der Waals surface area contributed by atoms with Crippen molar-refractivity contribution in [3.8, 4) is 68.3 Å². The maximum absolute atomic E-state index is 12.3. The van der Waals surface area contributed by atoms with E-state index in [1.165, 1.54) is 39.9 Å². The van der Waals surface area contributed by atoms with Crippen LogP contribution < -0.4 is 46.1 Å². The number of rotatable bonds is 27. The molecule has 28 nitrogen and oxygen atoms in total. The highest BCUT2D eigenvalue weighted by atomic mass is 16.5. The number of anilines is 3. The molecule has 0 bridgehead atoms. The van der Waals surface area contributed by atoms with Gasteiger partial charge >= 0.3 is 18.1 Å². The number of phenols is 3. The highest BCUT2D eigenvalue weighted by molar-refractivity contribution is 5.91. The fourth-order valence-corrected chi connectivity index (χ4v) is 9.84. The van der Waals surface area contributed by atoms with Gasteiger partial charge in [0.2, 0.25) is 0 Å². The molecule has 9 N–H and O–H groups in total. The molecular weight excluding hydrogens is 1230 g/mol. The summed E-state index contributed by atoms with van der Waals surface area (Å²) in [6.45, 7) is 8.64. The summed E-state index contributed by atoms with van der Waals surface area (Å²) in [5.41, 5.74) is 7.00. The number of aromatic nitrogens is 9. The summed E-state index contributed by atoms with van der Waals surface area (Å²) in [5, 5.41) is 46.2. The smallest absolute Gasteiger partial charge is 0.320 e. The molecule has 96 heavy (non-hydrogen) atoms. The van der Waals surface area contributed by atoms with Crippen molar-refractivity contribution in [1.29, 1.82) is 0 Å². The van der Waals surface area contributed by atoms with Crippen molar-refractivity contribution in [2.75, 3.05) is 131 Å². The normalized spacial score (nSPS) is 12.1. The second kappa shape index (κ2) is 36.9. The van der Waals surface area contributed by atoms with Gasteiger partial charge in [-0.15, -0.1) is 0 Å². The number of morpholine rings is 1. The number of carbonyl (C=O) groups excluding carboxylic acids is 3. The van der Waals surface area contributed by atoms with Crippen molar-refractivity contribution >= 4 is 69.0 Å². The van der Waals surface area contributed by atoms with Gasteiger partial charge in [0.25, 0.3) is 0 Å². The van der Waals surface area contributed by atoms with Crippen molar-refractivity contribution in [2.24, 2.45) is 0 Å². The Morgan fingerprint density at radius 2 is 0.781 bits per heavy atom. The molecular formula is C68H86N18O10. The summed E-state index contributed by atoms with van der Waals surface area (Å²) >= 11 is 0.